The monoisotopic (exact) mass is 1190 g/mol. The maximum absolute atomic E-state index is 15.3. The number of hydrogen-bond donors (Lipinski definition) is 3. The van der Waals surface area contributed by atoms with Gasteiger partial charge in [-0.05, 0) is 122 Å². The fourth-order valence-electron chi connectivity index (χ4n) is 14.1. The van der Waals surface area contributed by atoms with Crippen molar-refractivity contribution in [2.24, 2.45) is 22.7 Å². The summed E-state index contributed by atoms with van der Waals surface area (Å²) in [5.74, 6) is -3.86. The molecule has 1 aromatic carbocycles. The highest BCUT2D eigenvalue weighted by Gasteiger charge is 2.80. The van der Waals surface area contributed by atoms with Gasteiger partial charge >= 0.3 is 30.2 Å². The normalized spacial score (nSPS) is 31.3. The highest BCUT2D eigenvalue weighted by atomic mass is 16.8. The van der Waals surface area contributed by atoms with Gasteiger partial charge in [-0.1, -0.05) is 116 Å². The van der Waals surface area contributed by atoms with E-state index in [1.165, 1.54) is 71.8 Å². The fourth-order valence-corrected chi connectivity index (χ4v) is 14.1. The van der Waals surface area contributed by atoms with Crippen LogP contribution in [0.15, 0.2) is 66.3 Å². The Morgan fingerprint density at radius 3 is 2.13 bits per heavy atom. The number of rotatable bonds is 29. The molecule has 3 heterocycles. The lowest BCUT2D eigenvalue weighted by Gasteiger charge is -2.67. The van der Waals surface area contributed by atoms with Gasteiger partial charge in [0, 0.05) is 25.2 Å². The Labute approximate surface area is 503 Å². The molecule has 0 spiro atoms. The van der Waals surface area contributed by atoms with Crippen molar-refractivity contribution < 1.29 is 86.3 Å². The van der Waals surface area contributed by atoms with Gasteiger partial charge in [-0.3, -0.25) is 4.79 Å². The molecule has 476 valence electrons. The molecule has 1 amide bonds. The molecule has 3 saturated heterocycles. The van der Waals surface area contributed by atoms with Crippen molar-refractivity contribution in [3.05, 3.63) is 71.8 Å². The molecule has 3 aliphatic heterocycles. The summed E-state index contributed by atoms with van der Waals surface area (Å²) in [5.41, 5.74) is -7.03. The Kier molecular flexibility index (Phi) is 23.4. The van der Waals surface area contributed by atoms with Gasteiger partial charge in [0.25, 0.3) is 0 Å². The Bertz CT molecular complexity index is 2480. The predicted molar refractivity (Wildman–Crippen MR) is 315 cm³/mol. The molecule has 7 rings (SSSR count). The van der Waals surface area contributed by atoms with E-state index >= 15 is 4.79 Å². The molecule has 19 nitrogen and oxygen atoms in total. The fraction of sp³-hybridized carbons (Fsp3) is 0.742. The minimum absolute atomic E-state index is 0.0899. The van der Waals surface area contributed by atoms with Crippen molar-refractivity contribution in [2.45, 2.75) is 270 Å². The van der Waals surface area contributed by atoms with Crippen molar-refractivity contribution >= 4 is 30.2 Å². The second-order valence-corrected chi connectivity index (χ2v) is 26.5. The van der Waals surface area contributed by atoms with Crippen molar-refractivity contribution in [2.75, 3.05) is 19.8 Å². The van der Waals surface area contributed by atoms with E-state index in [0.717, 1.165) is 38.5 Å². The van der Waals surface area contributed by atoms with Crippen LogP contribution in [0.1, 0.15) is 196 Å². The lowest BCUT2D eigenvalue weighted by atomic mass is 9.49. The molecule has 3 N–H and O–H groups in total. The summed E-state index contributed by atoms with van der Waals surface area (Å²) in [6.07, 6.45) is 8.93. The molecule has 6 aliphatic rings. The lowest BCUT2D eigenvalue weighted by Crippen LogP contribution is -2.80. The topological polar surface area (TPSA) is 239 Å². The first-order chi connectivity index (χ1) is 40.3. The smallest absolute Gasteiger partial charge is 0.457 e. The highest BCUT2D eigenvalue weighted by molar-refractivity contribution is 5.89. The number of unbranched alkanes of at least 4 members (excludes halogenated alkanes) is 11. The van der Waals surface area contributed by atoms with Gasteiger partial charge in [-0.15, -0.1) is 0 Å². The van der Waals surface area contributed by atoms with Crippen LogP contribution in [0.4, 0.5) is 9.59 Å². The van der Waals surface area contributed by atoms with Gasteiger partial charge in [0.15, 0.2) is 18.2 Å². The quantitative estimate of drug-likeness (QED) is 0.0292. The van der Waals surface area contributed by atoms with Crippen molar-refractivity contribution in [3.8, 4) is 0 Å². The van der Waals surface area contributed by atoms with Crippen LogP contribution in [0.5, 0.6) is 0 Å². The first kappa shape index (κ1) is 67.6. The molecule has 3 aliphatic carbocycles. The number of amides is 1. The number of carbonyl (C=O) groups excluding carboxylic acids is 5. The van der Waals surface area contributed by atoms with Crippen LogP contribution < -0.4 is 5.32 Å². The van der Waals surface area contributed by atoms with Gasteiger partial charge < -0.3 is 67.6 Å². The first-order valence-electron chi connectivity index (χ1n) is 31.4. The standard InChI is InChI=1S/C66H99NO18/c1-13-15-16-17-18-19-20-21-22-23-24-25-26-27-31-34-51-75-38-45(78-51)39-76-61(73)82-54(46(35-41(3)4)67-60(72)85-62(7,8)9)59(71)79-47-37-65(63(10,11)74)52(42(47)5)53(69)56-64(12)48(80-50(14-2)81-56)36-49-66(40-77-49,84-43(6)68)55(64)57(65)83-58(70)44-32-29-28-30-33-44/h14,22-23,28-30,32-33,41,45-51,53-57,69,74H,2,13,15-21,24-27,31,34-40H2,1,3-12H3,(H,67,72)/b23-22-/t45?,46-,47-,48-,49+,50-,51?,53-,54+,55-,56-,57-,64+,65-,66-/m0/s1. The number of nitrogens with one attached hydrogen (secondary N) is 1. The van der Waals surface area contributed by atoms with Crippen LogP contribution in [0.25, 0.3) is 0 Å². The van der Waals surface area contributed by atoms with E-state index in [9.17, 15) is 29.4 Å². The third-order valence-corrected chi connectivity index (χ3v) is 18.1. The van der Waals surface area contributed by atoms with Crippen LogP contribution in [0.2, 0.25) is 0 Å². The average Bonchev–Trinajstić information content (AvgIpc) is 1.61. The molecular formula is C66H99NO18. The molecule has 1 aromatic rings. The van der Waals surface area contributed by atoms with Crippen molar-refractivity contribution in [1.82, 2.24) is 5.32 Å². The largest absolute Gasteiger partial charge is 0.509 e. The Balaban J connectivity index is 1.12. The number of esters is 3. The minimum atomic E-state index is -1.95. The molecule has 15 atom stereocenters. The zero-order valence-electron chi connectivity index (χ0n) is 52.4. The van der Waals surface area contributed by atoms with Crippen molar-refractivity contribution in [3.63, 3.8) is 0 Å². The second-order valence-electron chi connectivity index (χ2n) is 26.5. The number of ether oxygens (including phenoxy) is 11. The number of aliphatic hydroxyl groups is 2. The summed E-state index contributed by atoms with van der Waals surface area (Å²) in [5, 5.41) is 29.1. The second kappa shape index (κ2) is 29.4. The number of aliphatic hydroxyl groups excluding tert-OH is 1. The third-order valence-electron chi connectivity index (χ3n) is 18.1. The summed E-state index contributed by atoms with van der Waals surface area (Å²) in [6.45, 7) is 22.5. The summed E-state index contributed by atoms with van der Waals surface area (Å²) < 4.78 is 68.3. The number of alkyl carbamates (subject to hydrolysis) is 1. The van der Waals surface area contributed by atoms with E-state index in [4.69, 9.17) is 52.1 Å². The number of carbonyl (C=O) groups is 5. The zero-order chi connectivity index (χ0) is 61.9. The number of benzene rings is 1. The van der Waals surface area contributed by atoms with Crippen LogP contribution >= 0.6 is 0 Å². The molecule has 0 radical (unpaired) electrons. The lowest BCUT2D eigenvalue weighted by molar-refractivity contribution is -0.392. The number of hydrogen-bond acceptors (Lipinski definition) is 18. The van der Waals surface area contributed by atoms with Gasteiger partial charge in [-0.2, -0.15) is 0 Å². The maximum Gasteiger partial charge on any atom is 0.509 e. The van der Waals surface area contributed by atoms with Gasteiger partial charge in [0.05, 0.1) is 54.0 Å². The van der Waals surface area contributed by atoms with Crippen LogP contribution in [0, 0.1) is 22.7 Å². The molecule has 5 fully saturated rings. The summed E-state index contributed by atoms with van der Waals surface area (Å²) in [6, 6.07) is 7.01. The SMILES string of the molecule is C=C[C@H]1O[C@H]2C[C@H]3OC[C@@]3(OC(C)=O)[C@H]3[C@H](OC(=O)c4ccccc4)[C@]4(C(C)(C)O)C[C@H](OC(=O)[C@H](OC(=O)OCC5COC(CCCCCC/C=C\CCCCCCCCC)O5)[C@H](CC(C)C)NC(=O)OC(C)(C)C)C(C)=C4[C@H](O)[C@H](O1)[C@]23C. The van der Waals surface area contributed by atoms with Gasteiger partial charge in [0.1, 0.15) is 42.7 Å². The Morgan fingerprint density at radius 1 is 0.871 bits per heavy atom. The van der Waals surface area contributed by atoms with E-state index in [1.54, 1.807) is 58.0 Å². The molecular weight excluding hydrogens is 1090 g/mol. The maximum atomic E-state index is 15.3. The van der Waals surface area contributed by atoms with Crippen LogP contribution in [-0.2, 0) is 61.7 Å². The summed E-state index contributed by atoms with van der Waals surface area (Å²) in [7, 11) is 0. The first-order valence-corrected chi connectivity index (χ1v) is 31.4. The van der Waals surface area contributed by atoms with E-state index in [1.807, 2.05) is 20.8 Å². The molecule has 0 bridgehead atoms. The average molecular weight is 1190 g/mol. The van der Waals surface area contributed by atoms with E-state index < -0.39 is 131 Å². The van der Waals surface area contributed by atoms with Crippen molar-refractivity contribution in [1.29, 1.82) is 0 Å². The van der Waals surface area contributed by atoms with E-state index in [2.05, 4.69) is 31.0 Å². The molecule has 85 heavy (non-hydrogen) atoms. The predicted octanol–water partition coefficient (Wildman–Crippen LogP) is 11.2. The van der Waals surface area contributed by atoms with Crippen LogP contribution in [-0.4, -0.2) is 144 Å². The minimum Gasteiger partial charge on any atom is -0.457 e. The Morgan fingerprint density at radius 2 is 1.53 bits per heavy atom. The van der Waals surface area contributed by atoms with E-state index in [0.29, 0.717) is 6.42 Å². The summed E-state index contributed by atoms with van der Waals surface area (Å²) >= 11 is 0. The zero-order valence-corrected chi connectivity index (χ0v) is 52.4. The molecule has 2 unspecified atom stereocenters. The van der Waals surface area contributed by atoms with Crippen LogP contribution in [0.3, 0.4) is 0 Å². The number of allylic oxidation sites excluding steroid dienone is 2. The van der Waals surface area contributed by atoms with Gasteiger partial charge in [-0.25, -0.2) is 19.2 Å². The van der Waals surface area contributed by atoms with Gasteiger partial charge in [0.2, 0.25) is 6.10 Å². The number of fused-ring (bicyclic) bond motifs is 3. The highest BCUT2D eigenvalue weighted by Crippen LogP contribution is 2.69. The summed E-state index contributed by atoms with van der Waals surface area (Å²) in [4.78, 5) is 71.0. The third kappa shape index (κ3) is 15.9. The molecule has 19 heteroatoms. The molecule has 0 aromatic heterocycles. The molecule has 2 saturated carbocycles. The Hall–Kier alpha value is -4.89. The van der Waals surface area contributed by atoms with E-state index in [-0.39, 0.29) is 61.7 Å².